The van der Waals surface area contributed by atoms with E-state index in [-0.39, 0.29) is 14.9 Å². The van der Waals surface area contributed by atoms with Gasteiger partial charge in [0.2, 0.25) is 0 Å². The van der Waals surface area contributed by atoms with Crippen molar-refractivity contribution in [3.8, 4) is 0 Å². The zero-order chi connectivity index (χ0) is 15.6. The summed E-state index contributed by atoms with van der Waals surface area (Å²) >= 11 is 0.914. The van der Waals surface area contributed by atoms with Gasteiger partial charge < -0.3 is 5.32 Å². The third-order valence-electron chi connectivity index (χ3n) is 3.34. The highest BCUT2D eigenvalue weighted by molar-refractivity contribution is 7.91. The van der Waals surface area contributed by atoms with Gasteiger partial charge >= 0.3 is 5.69 Å². The Morgan fingerprint density at radius 3 is 2.62 bits per heavy atom. The summed E-state index contributed by atoms with van der Waals surface area (Å²) in [5.74, 6) is 0.435. The molecule has 0 aliphatic heterocycles. The fourth-order valence-corrected chi connectivity index (χ4v) is 5.12. The lowest BCUT2D eigenvalue weighted by Crippen LogP contribution is -2.33. The largest absolute Gasteiger partial charge is 0.374 e. The van der Waals surface area contributed by atoms with E-state index in [1.807, 2.05) is 6.92 Å². The maximum absolute atomic E-state index is 12.7. The summed E-state index contributed by atoms with van der Waals surface area (Å²) in [7, 11) is -2.11. The van der Waals surface area contributed by atoms with Crippen molar-refractivity contribution in [2.75, 3.05) is 25.5 Å². The Hall–Kier alpha value is -1.19. The molecule has 1 aliphatic rings. The molecule has 21 heavy (non-hydrogen) atoms. The number of hydrogen-bond acceptors (Lipinski definition) is 6. The smallest absolute Gasteiger partial charge is 0.304 e. The van der Waals surface area contributed by atoms with Crippen LogP contribution in [0.5, 0.6) is 0 Å². The standard InChI is InChI=1S/C12H19N3O4S2/c1-3-6-14(8-9-4-5-9)21(18,19)11-7-10(15(16)17)12(13-2)20-11/h7,9,13H,3-6,8H2,1-2H3. The van der Waals surface area contributed by atoms with Gasteiger partial charge in [-0.2, -0.15) is 4.31 Å². The first-order chi connectivity index (χ1) is 9.90. The van der Waals surface area contributed by atoms with Gasteiger partial charge in [0.15, 0.2) is 5.00 Å². The number of anilines is 1. The highest BCUT2D eigenvalue weighted by Crippen LogP contribution is 2.39. The van der Waals surface area contributed by atoms with Gasteiger partial charge in [0.25, 0.3) is 10.0 Å². The molecule has 0 bridgehead atoms. The van der Waals surface area contributed by atoms with Crippen molar-refractivity contribution in [2.24, 2.45) is 5.92 Å². The molecule has 0 amide bonds. The predicted molar refractivity (Wildman–Crippen MR) is 82.3 cm³/mol. The molecule has 1 N–H and O–H groups in total. The summed E-state index contributed by atoms with van der Waals surface area (Å²) in [6.07, 6.45) is 2.84. The summed E-state index contributed by atoms with van der Waals surface area (Å²) in [5, 5.41) is 13.9. The molecule has 0 aromatic carbocycles. The lowest BCUT2D eigenvalue weighted by Gasteiger charge is -2.20. The average Bonchev–Trinajstić information content (AvgIpc) is 3.12. The molecule has 1 heterocycles. The third-order valence-corrected chi connectivity index (χ3v) is 6.80. The van der Waals surface area contributed by atoms with E-state index in [4.69, 9.17) is 0 Å². The minimum atomic E-state index is -3.66. The molecule has 0 atom stereocenters. The number of nitro groups is 1. The van der Waals surface area contributed by atoms with Crippen LogP contribution in [0, 0.1) is 16.0 Å². The van der Waals surface area contributed by atoms with Crippen LogP contribution in [-0.2, 0) is 10.0 Å². The SMILES string of the molecule is CCCN(CC1CC1)S(=O)(=O)c1cc([N+](=O)[O-])c(NC)s1. The Balaban J connectivity index is 2.34. The number of sulfonamides is 1. The van der Waals surface area contributed by atoms with Crippen molar-refractivity contribution in [3.63, 3.8) is 0 Å². The van der Waals surface area contributed by atoms with E-state index in [2.05, 4.69) is 5.32 Å². The van der Waals surface area contributed by atoms with E-state index >= 15 is 0 Å². The van der Waals surface area contributed by atoms with Crippen LogP contribution >= 0.6 is 11.3 Å². The zero-order valence-electron chi connectivity index (χ0n) is 12.0. The summed E-state index contributed by atoms with van der Waals surface area (Å²) in [5.41, 5.74) is -0.191. The van der Waals surface area contributed by atoms with Gasteiger partial charge in [0, 0.05) is 26.2 Å². The minimum Gasteiger partial charge on any atom is -0.374 e. The third kappa shape index (κ3) is 3.53. The van der Waals surface area contributed by atoms with Crippen LogP contribution in [0.15, 0.2) is 10.3 Å². The number of hydrogen-bond donors (Lipinski definition) is 1. The number of thiophene rings is 1. The molecule has 1 saturated carbocycles. The second-order valence-electron chi connectivity index (χ2n) is 5.09. The van der Waals surface area contributed by atoms with Gasteiger partial charge in [-0.1, -0.05) is 18.3 Å². The first-order valence-electron chi connectivity index (χ1n) is 6.86. The maximum atomic E-state index is 12.7. The molecule has 0 unspecified atom stereocenters. The molecule has 0 radical (unpaired) electrons. The lowest BCUT2D eigenvalue weighted by molar-refractivity contribution is -0.383. The van der Waals surface area contributed by atoms with Crippen molar-refractivity contribution in [2.45, 2.75) is 30.4 Å². The first-order valence-corrected chi connectivity index (χ1v) is 9.12. The molecule has 1 aromatic heterocycles. The second kappa shape index (κ2) is 6.29. The lowest BCUT2D eigenvalue weighted by atomic mass is 10.4. The van der Waals surface area contributed by atoms with Crippen LogP contribution < -0.4 is 5.32 Å². The van der Waals surface area contributed by atoms with Crippen LogP contribution in [-0.4, -0.2) is 37.8 Å². The van der Waals surface area contributed by atoms with Crippen LogP contribution in [0.2, 0.25) is 0 Å². The Bertz CT molecular complexity index is 622. The molecule has 0 spiro atoms. The van der Waals surface area contributed by atoms with E-state index in [1.165, 1.54) is 4.31 Å². The van der Waals surface area contributed by atoms with Crippen molar-refractivity contribution in [1.29, 1.82) is 0 Å². The minimum absolute atomic E-state index is 0.0349. The van der Waals surface area contributed by atoms with E-state index in [0.29, 0.717) is 19.0 Å². The Kier molecular flexibility index (Phi) is 4.84. The quantitative estimate of drug-likeness (QED) is 0.583. The van der Waals surface area contributed by atoms with Gasteiger partial charge in [-0.05, 0) is 25.2 Å². The molecule has 1 fully saturated rings. The van der Waals surface area contributed by atoms with Crippen LogP contribution in [0.3, 0.4) is 0 Å². The van der Waals surface area contributed by atoms with Gasteiger partial charge in [-0.15, -0.1) is 0 Å². The Morgan fingerprint density at radius 2 is 2.19 bits per heavy atom. The molecule has 1 aliphatic carbocycles. The topological polar surface area (TPSA) is 92.5 Å². The normalized spacial score (nSPS) is 15.4. The van der Waals surface area contributed by atoms with Gasteiger partial charge in [-0.25, -0.2) is 8.42 Å². The van der Waals surface area contributed by atoms with Crippen molar-refractivity contribution in [3.05, 3.63) is 16.2 Å². The van der Waals surface area contributed by atoms with Crippen LogP contribution in [0.4, 0.5) is 10.7 Å². The van der Waals surface area contributed by atoms with E-state index in [1.54, 1.807) is 7.05 Å². The molecule has 1 aromatic rings. The predicted octanol–water partition coefficient (Wildman–Crippen LogP) is 2.51. The molecule has 9 heteroatoms. The van der Waals surface area contributed by atoms with E-state index < -0.39 is 14.9 Å². The van der Waals surface area contributed by atoms with Gasteiger partial charge in [0.1, 0.15) is 4.21 Å². The van der Waals surface area contributed by atoms with Crippen molar-refractivity contribution in [1.82, 2.24) is 4.31 Å². The summed E-state index contributed by atoms with van der Waals surface area (Å²) in [4.78, 5) is 10.4. The average molecular weight is 333 g/mol. The summed E-state index contributed by atoms with van der Waals surface area (Å²) in [6.45, 7) is 2.88. The Morgan fingerprint density at radius 1 is 1.52 bits per heavy atom. The zero-order valence-corrected chi connectivity index (χ0v) is 13.7. The number of nitrogens with one attached hydrogen (secondary N) is 1. The number of nitrogens with zero attached hydrogens (tertiary/aromatic N) is 2. The molecule has 118 valence electrons. The highest BCUT2D eigenvalue weighted by atomic mass is 32.2. The van der Waals surface area contributed by atoms with Gasteiger partial charge in [0.05, 0.1) is 4.92 Å². The highest BCUT2D eigenvalue weighted by Gasteiger charge is 2.34. The molecular formula is C12H19N3O4S2. The van der Waals surface area contributed by atoms with Crippen LogP contribution in [0.25, 0.3) is 0 Å². The molecule has 2 rings (SSSR count). The molecule has 0 saturated heterocycles. The summed E-state index contributed by atoms with van der Waals surface area (Å²) in [6, 6.07) is 1.15. The molecular weight excluding hydrogens is 314 g/mol. The second-order valence-corrected chi connectivity index (χ2v) is 8.31. The van der Waals surface area contributed by atoms with Crippen LogP contribution in [0.1, 0.15) is 26.2 Å². The van der Waals surface area contributed by atoms with Gasteiger partial charge in [-0.3, -0.25) is 10.1 Å². The van der Waals surface area contributed by atoms with Crippen molar-refractivity contribution < 1.29 is 13.3 Å². The monoisotopic (exact) mass is 333 g/mol. The van der Waals surface area contributed by atoms with E-state index in [9.17, 15) is 18.5 Å². The van der Waals surface area contributed by atoms with E-state index in [0.717, 1.165) is 36.7 Å². The Labute approximate surface area is 128 Å². The molecule has 7 nitrogen and oxygen atoms in total. The maximum Gasteiger partial charge on any atom is 0.304 e. The fraction of sp³-hybridized carbons (Fsp3) is 0.667. The number of rotatable bonds is 8. The van der Waals surface area contributed by atoms with Crippen molar-refractivity contribution >= 4 is 32.0 Å². The fourth-order valence-electron chi connectivity index (χ4n) is 2.08. The summed E-state index contributed by atoms with van der Waals surface area (Å²) < 4.78 is 26.8. The first kappa shape index (κ1) is 16.2.